The first kappa shape index (κ1) is 15.4. The van der Waals surface area contributed by atoms with Crippen molar-refractivity contribution in [1.29, 1.82) is 0 Å². The summed E-state index contributed by atoms with van der Waals surface area (Å²) in [6, 6.07) is -0.104. The molecule has 0 aromatic heterocycles. The van der Waals surface area contributed by atoms with Crippen molar-refractivity contribution in [3.05, 3.63) is 0 Å². The van der Waals surface area contributed by atoms with Crippen LogP contribution >= 0.6 is 0 Å². The second-order valence-electron chi connectivity index (χ2n) is 5.17. The van der Waals surface area contributed by atoms with Crippen molar-refractivity contribution in [1.82, 2.24) is 10.2 Å². The molecule has 1 atom stereocenters. The number of hydrogen-bond acceptors (Lipinski definition) is 5. The van der Waals surface area contributed by atoms with Gasteiger partial charge in [0.2, 0.25) is 5.91 Å². The Kier molecular flexibility index (Phi) is 5.55. The Labute approximate surface area is 109 Å². The quantitative estimate of drug-likeness (QED) is 0.669. The molecular weight excluding hydrogens is 254 g/mol. The molecule has 0 aromatic carbocycles. The number of nitrogens with two attached hydrogens (primary N) is 1. The molecule has 1 aliphatic rings. The van der Waals surface area contributed by atoms with Gasteiger partial charge < -0.3 is 11.1 Å². The Balaban J connectivity index is 2.29. The maximum atomic E-state index is 11.7. The Morgan fingerprint density at radius 1 is 1.44 bits per heavy atom. The van der Waals surface area contributed by atoms with E-state index in [-0.39, 0.29) is 23.7 Å². The number of piperidine rings is 1. The van der Waals surface area contributed by atoms with Crippen molar-refractivity contribution in [2.24, 2.45) is 5.73 Å². The van der Waals surface area contributed by atoms with Gasteiger partial charge in [-0.1, -0.05) is 0 Å². The van der Waals surface area contributed by atoms with Crippen LogP contribution in [0.4, 0.5) is 0 Å². The van der Waals surface area contributed by atoms with Crippen LogP contribution in [-0.4, -0.2) is 63.0 Å². The van der Waals surface area contributed by atoms with Crippen LogP contribution < -0.4 is 11.1 Å². The van der Waals surface area contributed by atoms with Crippen molar-refractivity contribution in [3.8, 4) is 0 Å². The fraction of sp³-hybridized carbons (Fsp3) is 0.909. The first-order chi connectivity index (χ1) is 8.26. The summed E-state index contributed by atoms with van der Waals surface area (Å²) < 4.78 is 22.1. The van der Waals surface area contributed by atoms with Crippen LogP contribution in [0.3, 0.4) is 0 Å². The lowest BCUT2D eigenvalue weighted by atomic mass is 10.1. The van der Waals surface area contributed by atoms with Gasteiger partial charge in [0.1, 0.15) is 9.84 Å². The molecule has 1 unspecified atom stereocenters. The summed E-state index contributed by atoms with van der Waals surface area (Å²) in [6.45, 7) is 3.68. The number of nitrogens with zero attached hydrogens (tertiary/aromatic N) is 1. The molecule has 18 heavy (non-hydrogen) atoms. The molecule has 1 fully saturated rings. The number of likely N-dealkylation sites (tertiary alicyclic amines) is 1. The Morgan fingerprint density at radius 2 is 2.00 bits per heavy atom. The third-order valence-electron chi connectivity index (χ3n) is 2.96. The Bertz CT molecular complexity index is 375. The molecule has 0 aromatic rings. The van der Waals surface area contributed by atoms with E-state index in [1.807, 2.05) is 4.90 Å². The molecule has 106 valence electrons. The average Bonchev–Trinajstić information content (AvgIpc) is 2.18. The van der Waals surface area contributed by atoms with Crippen LogP contribution in [0.25, 0.3) is 0 Å². The van der Waals surface area contributed by atoms with Gasteiger partial charge in [0, 0.05) is 31.4 Å². The SMILES string of the molecule is CC(CS(C)(=O)=O)NC(=O)CN1CCC(N)CC1. The molecule has 0 aliphatic carbocycles. The van der Waals surface area contributed by atoms with Gasteiger partial charge in [-0.25, -0.2) is 8.42 Å². The van der Waals surface area contributed by atoms with Crippen LogP contribution in [-0.2, 0) is 14.6 Å². The smallest absolute Gasteiger partial charge is 0.234 e. The molecule has 6 nitrogen and oxygen atoms in total. The van der Waals surface area contributed by atoms with Crippen LogP contribution in [0.15, 0.2) is 0 Å². The zero-order valence-electron chi connectivity index (χ0n) is 11.1. The van der Waals surface area contributed by atoms with Gasteiger partial charge in [-0.05, 0) is 19.8 Å². The van der Waals surface area contributed by atoms with E-state index in [4.69, 9.17) is 5.73 Å². The molecule has 1 amide bonds. The van der Waals surface area contributed by atoms with Gasteiger partial charge in [-0.3, -0.25) is 9.69 Å². The second kappa shape index (κ2) is 6.49. The van der Waals surface area contributed by atoms with Crippen molar-refractivity contribution < 1.29 is 13.2 Å². The number of carbonyl (C=O) groups is 1. The van der Waals surface area contributed by atoms with Gasteiger partial charge in [0.05, 0.1) is 12.3 Å². The largest absolute Gasteiger partial charge is 0.352 e. The lowest BCUT2D eigenvalue weighted by Crippen LogP contribution is -2.47. The fourth-order valence-electron chi connectivity index (χ4n) is 2.13. The highest BCUT2D eigenvalue weighted by molar-refractivity contribution is 7.90. The van der Waals surface area contributed by atoms with Crippen molar-refractivity contribution in [2.75, 3.05) is 31.6 Å². The molecule has 1 heterocycles. The topological polar surface area (TPSA) is 92.5 Å². The van der Waals surface area contributed by atoms with E-state index in [0.29, 0.717) is 6.54 Å². The third-order valence-corrected chi connectivity index (χ3v) is 4.07. The molecule has 1 saturated heterocycles. The minimum atomic E-state index is -3.05. The minimum Gasteiger partial charge on any atom is -0.352 e. The number of nitrogens with one attached hydrogen (secondary N) is 1. The lowest BCUT2D eigenvalue weighted by Gasteiger charge is -2.29. The van der Waals surface area contributed by atoms with Gasteiger partial charge in [0.25, 0.3) is 0 Å². The molecular formula is C11H23N3O3S. The third kappa shape index (κ3) is 6.32. The van der Waals surface area contributed by atoms with E-state index < -0.39 is 9.84 Å². The number of amides is 1. The first-order valence-corrected chi connectivity index (χ1v) is 8.27. The molecule has 7 heteroatoms. The highest BCUT2D eigenvalue weighted by Crippen LogP contribution is 2.07. The van der Waals surface area contributed by atoms with E-state index in [2.05, 4.69) is 5.32 Å². The van der Waals surface area contributed by atoms with Crippen LogP contribution in [0.5, 0.6) is 0 Å². The maximum Gasteiger partial charge on any atom is 0.234 e. The van der Waals surface area contributed by atoms with E-state index in [0.717, 1.165) is 25.9 Å². The summed E-state index contributed by atoms with van der Waals surface area (Å²) in [5.41, 5.74) is 5.78. The molecule has 0 bridgehead atoms. The van der Waals surface area contributed by atoms with E-state index in [9.17, 15) is 13.2 Å². The molecule has 0 radical (unpaired) electrons. The van der Waals surface area contributed by atoms with Gasteiger partial charge >= 0.3 is 0 Å². The monoisotopic (exact) mass is 277 g/mol. The molecule has 0 spiro atoms. The highest BCUT2D eigenvalue weighted by Gasteiger charge is 2.19. The van der Waals surface area contributed by atoms with E-state index in [1.165, 1.54) is 6.26 Å². The van der Waals surface area contributed by atoms with Gasteiger partial charge in [-0.2, -0.15) is 0 Å². The number of rotatable bonds is 5. The Hall–Kier alpha value is -0.660. The van der Waals surface area contributed by atoms with Gasteiger partial charge in [-0.15, -0.1) is 0 Å². The van der Waals surface area contributed by atoms with Crippen LogP contribution in [0.2, 0.25) is 0 Å². The predicted molar refractivity (Wildman–Crippen MR) is 71.0 cm³/mol. The number of hydrogen-bond donors (Lipinski definition) is 2. The summed E-state index contributed by atoms with van der Waals surface area (Å²) in [5.74, 6) is -0.148. The fourth-order valence-corrected chi connectivity index (χ4v) is 3.12. The van der Waals surface area contributed by atoms with E-state index in [1.54, 1.807) is 6.92 Å². The molecule has 1 aliphatic heterocycles. The standard InChI is InChI=1S/C11H23N3O3S/c1-9(8-18(2,16)17)13-11(15)7-14-5-3-10(12)4-6-14/h9-10H,3-8,12H2,1-2H3,(H,13,15). The zero-order chi connectivity index (χ0) is 13.8. The minimum absolute atomic E-state index is 0.0242. The normalized spacial score (nSPS) is 20.6. The maximum absolute atomic E-state index is 11.7. The zero-order valence-corrected chi connectivity index (χ0v) is 11.9. The molecule has 3 N–H and O–H groups in total. The van der Waals surface area contributed by atoms with Gasteiger partial charge in [0.15, 0.2) is 0 Å². The summed E-state index contributed by atoms with van der Waals surface area (Å²) in [5, 5.41) is 2.70. The second-order valence-corrected chi connectivity index (χ2v) is 7.36. The van der Waals surface area contributed by atoms with E-state index >= 15 is 0 Å². The summed E-state index contributed by atoms with van der Waals surface area (Å²) >= 11 is 0. The predicted octanol–water partition coefficient (Wildman–Crippen LogP) is -1.04. The Morgan fingerprint density at radius 3 is 2.50 bits per heavy atom. The molecule has 1 rings (SSSR count). The summed E-state index contributed by atoms with van der Waals surface area (Å²) in [4.78, 5) is 13.8. The van der Waals surface area contributed by atoms with Crippen molar-refractivity contribution in [2.45, 2.75) is 31.8 Å². The average molecular weight is 277 g/mol. The van der Waals surface area contributed by atoms with Crippen LogP contribution in [0.1, 0.15) is 19.8 Å². The van der Waals surface area contributed by atoms with Crippen LogP contribution in [0, 0.1) is 0 Å². The summed E-state index contributed by atoms with van der Waals surface area (Å²) in [6.07, 6.45) is 2.99. The van der Waals surface area contributed by atoms with Crippen molar-refractivity contribution >= 4 is 15.7 Å². The highest BCUT2D eigenvalue weighted by atomic mass is 32.2. The first-order valence-electron chi connectivity index (χ1n) is 6.21. The number of carbonyl (C=O) groups excluding carboxylic acids is 1. The molecule has 0 saturated carbocycles. The summed E-state index contributed by atoms with van der Waals surface area (Å²) in [7, 11) is -3.05. The lowest BCUT2D eigenvalue weighted by molar-refractivity contribution is -0.122. The van der Waals surface area contributed by atoms with Crippen molar-refractivity contribution in [3.63, 3.8) is 0 Å². The number of sulfone groups is 1.